The van der Waals surface area contributed by atoms with Gasteiger partial charge in [0.2, 0.25) is 5.91 Å². The van der Waals surface area contributed by atoms with E-state index in [0.717, 1.165) is 15.7 Å². The number of H-pyrrole nitrogens is 1. The largest absolute Gasteiger partial charge is 0.329 e. The van der Waals surface area contributed by atoms with E-state index in [1.54, 1.807) is 29.2 Å². The van der Waals surface area contributed by atoms with E-state index in [-0.39, 0.29) is 12.5 Å². The number of fused-ring (bicyclic) bond motifs is 1. The van der Waals surface area contributed by atoms with Crippen molar-refractivity contribution >= 4 is 22.5 Å². The molecule has 0 saturated heterocycles. The van der Waals surface area contributed by atoms with Gasteiger partial charge in [0.1, 0.15) is 6.54 Å². The summed E-state index contributed by atoms with van der Waals surface area (Å²) in [5.41, 5.74) is 2.11. The van der Waals surface area contributed by atoms with Crippen molar-refractivity contribution in [2.45, 2.75) is 20.0 Å². The number of para-hydroxylation sites is 1. The Balaban J connectivity index is 1.72. The highest BCUT2D eigenvalue weighted by molar-refractivity contribution is 5.93. The molecule has 0 aliphatic rings. The van der Waals surface area contributed by atoms with Gasteiger partial charge in [0, 0.05) is 5.69 Å². The van der Waals surface area contributed by atoms with Gasteiger partial charge in [0.15, 0.2) is 0 Å². The molecule has 0 spiro atoms. The zero-order valence-electron chi connectivity index (χ0n) is 16.5. The summed E-state index contributed by atoms with van der Waals surface area (Å²) in [6.07, 6.45) is 0. The molecule has 150 valence electrons. The number of aromatic amines is 1. The molecular weight excluding hydrogens is 378 g/mol. The van der Waals surface area contributed by atoms with E-state index in [1.165, 1.54) is 0 Å². The van der Waals surface area contributed by atoms with Crippen LogP contribution in [-0.4, -0.2) is 15.5 Å². The zero-order chi connectivity index (χ0) is 21.1. The minimum atomic E-state index is -0.601. The molecule has 0 aliphatic carbocycles. The van der Waals surface area contributed by atoms with Crippen LogP contribution in [0.1, 0.15) is 11.1 Å². The third-order valence-corrected chi connectivity index (χ3v) is 5.01. The summed E-state index contributed by atoms with van der Waals surface area (Å²) in [6, 6.07) is 23.9. The third kappa shape index (κ3) is 3.93. The second kappa shape index (κ2) is 8.21. The van der Waals surface area contributed by atoms with Gasteiger partial charge in [-0.2, -0.15) is 0 Å². The van der Waals surface area contributed by atoms with Crippen molar-refractivity contribution in [3.8, 4) is 0 Å². The molecule has 0 atom stereocenters. The average molecular weight is 399 g/mol. The average Bonchev–Trinajstić information content (AvgIpc) is 2.76. The fourth-order valence-electron chi connectivity index (χ4n) is 3.38. The van der Waals surface area contributed by atoms with E-state index in [4.69, 9.17) is 0 Å². The Hall–Kier alpha value is -3.93. The summed E-state index contributed by atoms with van der Waals surface area (Å²) in [6.45, 7) is 1.96. The highest BCUT2D eigenvalue weighted by Gasteiger charge is 2.19. The number of carbonyl (C=O) groups excluding carboxylic acids is 1. The van der Waals surface area contributed by atoms with Crippen molar-refractivity contribution in [1.29, 1.82) is 0 Å². The molecule has 1 amide bonds. The number of rotatable bonds is 5. The van der Waals surface area contributed by atoms with Gasteiger partial charge in [-0.1, -0.05) is 60.2 Å². The molecule has 0 aliphatic heterocycles. The van der Waals surface area contributed by atoms with Crippen molar-refractivity contribution in [3.05, 3.63) is 111 Å². The predicted octanol–water partition coefficient (Wildman–Crippen LogP) is 3.23. The van der Waals surface area contributed by atoms with Crippen LogP contribution in [0.15, 0.2) is 88.5 Å². The maximum absolute atomic E-state index is 13.3. The second-order valence-corrected chi connectivity index (χ2v) is 7.17. The Labute approximate surface area is 173 Å². The lowest BCUT2D eigenvalue weighted by Crippen LogP contribution is -2.42. The lowest BCUT2D eigenvalue weighted by molar-refractivity contribution is -0.119. The van der Waals surface area contributed by atoms with Crippen LogP contribution in [0.2, 0.25) is 0 Å². The van der Waals surface area contributed by atoms with Gasteiger partial charge in [-0.3, -0.25) is 14.2 Å². The molecule has 1 aromatic heterocycles. The number of hydrogen-bond acceptors (Lipinski definition) is 3. The van der Waals surface area contributed by atoms with Gasteiger partial charge in [0.05, 0.1) is 17.4 Å². The summed E-state index contributed by atoms with van der Waals surface area (Å²) in [7, 11) is 0. The molecule has 0 radical (unpaired) electrons. The summed E-state index contributed by atoms with van der Waals surface area (Å²) in [4.78, 5) is 42.8. The standard InChI is InChI=1S/C24H21N3O3/c1-17-11-13-19(14-12-17)26(15-18-7-3-2-4-8-18)22(28)16-27-23(29)20-9-5-6-10-21(20)25-24(27)30/h2-14H,15-16H2,1H3,(H,25,30). The number of carbonyl (C=O) groups is 1. The topological polar surface area (TPSA) is 75.2 Å². The number of benzene rings is 3. The van der Waals surface area contributed by atoms with Crippen LogP contribution in [0.25, 0.3) is 10.9 Å². The monoisotopic (exact) mass is 399 g/mol. The van der Waals surface area contributed by atoms with E-state index in [2.05, 4.69) is 4.98 Å². The number of aromatic nitrogens is 2. The van der Waals surface area contributed by atoms with E-state index in [1.807, 2.05) is 61.5 Å². The molecule has 3 aromatic carbocycles. The Bertz CT molecular complexity index is 1310. The number of amides is 1. The fraction of sp³-hybridized carbons (Fsp3) is 0.125. The van der Waals surface area contributed by atoms with Gasteiger partial charge < -0.3 is 9.88 Å². The van der Waals surface area contributed by atoms with Gasteiger partial charge in [-0.25, -0.2) is 4.79 Å². The molecule has 6 heteroatoms. The van der Waals surface area contributed by atoms with Crippen LogP contribution in [0.3, 0.4) is 0 Å². The molecule has 0 fully saturated rings. The maximum atomic E-state index is 13.3. The van der Waals surface area contributed by atoms with Crippen molar-refractivity contribution in [1.82, 2.24) is 9.55 Å². The van der Waals surface area contributed by atoms with Crippen molar-refractivity contribution in [2.75, 3.05) is 4.90 Å². The number of anilines is 1. The van der Waals surface area contributed by atoms with E-state index >= 15 is 0 Å². The van der Waals surface area contributed by atoms with Crippen molar-refractivity contribution in [2.24, 2.45) is 0 Å². The van der Waals surface area contributed by atoms with E-state index in [9.17, 15) is 14.4 Å². The van der Waals surface area contributed by atoms with E-state index < -0.39 is 11.2 Å². The maximum Gasteiger partial charge on any atom is 0.329 e. The highest BCUT2D eigenvalue weighted by Crippen LogP contribution is 2.19. The number of nitrogens with zero attached hydrogens (tertiary/aromatic N) is 2. The van der Waals surface area contributed by atoms with Crippen LogP contribution < -0.4 is 16.1 Å². The first-order valence-electron chi connectivity index (χ1n) is 9.66. The Morgan fingerprint density at radius 1 is 0.900 bits per heavy atom. The first-order chi connectivity index (χ1) is 14.5. The van der Waals surface area contributed by atoms with Crippen molar-refractivity contribution in [3.63, 3.8) is 0 Å². The summed E-state index contributed by atoms with van der Waals surface area (Å²) in [5, 5.41) is 0.370. The van der Waals surface area contributed by atoms with Crippen LogP contribution in [0.5, 0.6) is 0 Å². The SMILES string of the molecule is Cc1ccc(N(Cc2ccccc2)C(=O)Cn2c(=O)[nH]c3ccccc3c2=O)cc1. The first kappa shape index (κ1) is 19.4. The summed E-state index contributed by atoms with van der Waals surface area (Å²) in [5.74, 6) is -0.342. The molecule has 6 nitrogen and oxygen atoms in total. The first-order valence-corrected chi connectivity index (χ1v) is 9.66. The fourth-order valence-corrected chi connectivity index (χ4v) is 3.38. The van der Waals surface area contributed by atoms with Crippen LogP contribution in [0.4, 0.5) is 5.69 Å². The van der Waals surface area contributed by atoms with Gasteiger partial charge in [-0.05, 0) is 36.8 Å². The van der Waals surface area contributed by atoms with Gasteiger partial charge in [-0.15, -0.1) is 0 Å². The normalized spacial score (nSPS) is 10.8. The quantitative estimate of drug-likeness (QED) is 0.560. The zero-order valence-corrected chi connectivity index (χ0v) is 16.5. The second-order valence-electron chi connectivity index (χ2n) is 7.17. The Kier molecular flexibility index (Phi) is 5.30. The molecule has 4 rings (SSSR count). The number of aryl methyl sites for hydroxylation is 1. The Morgan fingerprint density at radius 2 is 1.57 bits per heavy atom. The predicted molar refractivity (Wildman–Crippen MR) is 118 cm³/mol. The lowest BCUT2D eigenvalue weighted by atomic mass is 10.1. The molecule has 0 saturated carbocycles. The van der Waals surface area contributed by atoms with Gasteiger partial charge >= 0.3 is 5.69 Å². The molecule has 0 unspecified atom stereocenters. The minimum Gasteiger partial charge on any atom is -0.307 e. The Morgan fingerprint density at radius 3 is 2.30 bits per heavy atom. The number of hydrogen-bond donors (Lipinski definition) is 1. The van der Waals surface area contributed by atoms with E-state index in [0.29, 0.717) is 23.1 Å². The molecule has 0 bridgehead atoms. The minimum absolute atomic E-state index is 0.336. The highest BCUT2D eigenvalue weighted by atomic mass is 16.2. The van der Waals surface area contributed by atoms with Crippen LogP contribution in [0, 0.1) is 6.92 Å². The molecular formula is C24H21N3O3. The van der Waals surface area contributed by atoms with Crippen LogP contribution in [-0.2, 0) is 17.9 Å². The smallest absolute Gasteiger partial charge is 0.307 e. The summed E-state index contributed by atoms with van der Waals surface area (Å²) >= 11 is 0. The molecule has 1 N–H and O–H groups in total. The van der Waals surface area contributed by atoms with Gasteiger partial charge in [0.25, 0.3) is 5.56 Å². The summed E-state index contributed by atoms with van der Waals surface area (Å²) < 4.78 is 0.955. The molecule has 30 heavy (non-hydrogen) atoms. The number of nitrogens with one attached hydrogen (secondary N) is 1. The van der Waals surface area contributed by atoms with Crippen LogP contribution >= 0.6 is 0 Å². The molecule has 4 aromatic rings. The third-order valence-electron chi connectivity index (χ3n) is 5.01. The molecule has 1 heterocycles. The van der Waals surface area contributed by atoms with Crippen molar-refractivity contribution < 1.29 is 4.79 Å². The lowest BCUT2D eigenvalue weighted by Gasteiger charge is -2.23.